The minimum atomic E-state index is -0.520. The van der Waals surface area contributed by atoms with Gasteiger partial charge in [0.05, 0.1) is 19.1 Å². The third-order valence-corrected chi connectivity index (χ3v) is 3.08. The van der Waals surface area contributed by atoms with Gasteiger partial charge in [-0.2, -0.15) is 0 Å². The molecule has 1 rings (SSSR count). The number of ether oxygens (including phenoxy) is 2. The second-order valence-corrected chi connectivity index (χ2v) is 4.22. The van der Waals surface area contributed by atoms with E-state index in [0.717, 1.165) is 13.1 Å². The average Bonchev–Trinajstić information content (AvgIpc) is 2.36. The van der Waals surface area contributed by atoms with Crippen molar-refractivity contribution in [3.8, 4) is 0 Å². The molecule has 0 aromatic heterocycles. The summed E-state index contributed by atoms with van der Waals surface area (Å²) in [5.74, 6) is -0.578. The number of methoxy groups -OCH3 is 2. The second kappa shape index (κ2) is 8.29. The molecule has 18 heavy (non-hydrogen) atoms. The Morgan fingerprint density at radius 2 is 1.89 bits per heavy atom. The van der Waals surface area contributed by atoms with Gasteiger partial charge in [-0.25, -0.2) is 0 Å². The van der Waals surface area contributed by atoms with Gasteiger partial charge >= 0.3 is 5.97 Å². The van der Waals surface area contributed by atoms with E-state index < -0.39 is 11.4 Å². The van der Waals surface area contributed by atoms with Crippen molar-refractivity contribution in [2.24, 2.45) is 5.41 Å². The van der Waals surface area contributed by atoms with Gasteiger partial charge in [0.25, 0.3) is 0 Å². The predicted octanol–water partition coefficient (Wildman–Crippen LogP) is -0.286. The molecule has 0 aromatic rings. The Balaban J connectivity index is 0.00000289. The summed E-state index contributed by atoms with van der Waals surface area (Å²) in [6, 6.07) is 0. The Morgan fingerprint density at radius 3 is 2.39 bits per heavy atom. The molecule has 0 radical (unpaired) electrons. The molecule has 0 atom stereocenters. The SMILES string of the molecule is COCC1(C(=O)NCC(=O)OC)CCNCC1.Cl. The summed E-state index contributed by atoms with van der Waals surface area (Å²) < 4.78 is 9.62. The highest BCUT2D eigenvalue weighted by atomic mass is 35.5. The molecule has 0 saturated carbocycles. The molecule has 106 valence electrons. The fraction of sp³-hybridized carbons (Fsp3) is 0.818. The number of esters is 1. The van der Waals surface area contributed by atoms with Crippen LogP contribution in [0.4, 0.5) is 0 Å². The summed E-state index contributed by atoms with van der Waals surface area (Å²) in [6.45, 7) is 1.86. The van der Waals surface area contributed by atoms with E-state index in [0.29, 0.717) is 19.4 Å². The zero-order chi connectivity index (χ0) is 12.7. The first-order valence-corrected chi connectivity index (χ1v) is 5.69. The highest BCUT2D eigenvalue weighted by Gasteiger charge is 2.39. The zero-order valence-corrected chi connectivity index (χ0v) is 11.6. The lowest BCUT2D eigenvalue weighted by Crippen LogP contribution is -2.51. The van der Waals surface area contributed by atoms with Crippen molar-refractivity contribution < 1.29 is 19.1 Å². The third-order valence-electron chi connectivity index (χ3n) is 3.08. The summed E-state index contributed by atoms with van der Waals surface area (Å²) in [5, 5.41) is 5.81. The molecule has 1 saturated heterocycles. The standard InChI is InChI=1S/C11H20N2O4.ClH/c1-16-8-11(3-5-12-6-4-11)10(15)13-7-9(14)17-2;/h12H,3-8H2,1-2H3,(H,13,15);1H. The van der Waals surface area contributed by atoms with Crippen LogP contribution < -0.4 is 10.6 Å². The lowest BCUT2D eigenvalue weighted by molar-refractivity contribution is -0.144. The maximum atomic E-state index is 12.1. The zero-order valence-electron chi connectivity index (χ0n) is 10.8. The van der Waals surface area contributed by atoms with Crippen molar-refractivity contribution in [3.05, 3.63) is 0 Å². The fourth-order valence-corrected chi connectivity index (χ4v) is 2.03. The lowest BCUT2D eigenvalue weighted by atomic mass is 9.78. The molecule has 2 N–H and O–H groups in total. The Morgan fingerprint density at radius 1 is 1.28 bits per heavy atom. The molecule has 0 aromatic carbocycles. The summed E-state index contributed by atoms with van der Waals surface area (Å²) in [7, 11) is 2.88. The average molecular weight is 281 g/mol. The van der Waals surface area contributed by atoms with E-state index in [1.54, 1.807) is 7.11 Å². The first-order valence-electron chi connectivity index (χ1n) is 5.69. The molecule has 0 unspecified atom stereocenters. The van der Waals surface area contributed by atoms with Crippen LogP contribution in [0.25, 0.3) is 0 Å². The van der Waals surface area contributed by atoms with Gasteiger partial charge in [-0.15, -0.1) is 12.4 Å². The molecule has 1 aliphatic rings. The van der Waals surface area contributed by atoms with Crippen molar-refractivity contribution >= 4 is 24.3 Å². The van der Waals surface area contributed by atoms with Gasteiger partial charge in [-0.1, -0.05) is 0 Å². The van der Waals surface area contributed by atoms with Gasteiger partial charge < -0.3 is 20.1 Å². The number of carbonyl (C=O) groups is 2. The molecule has 1 aliphatic heterocycles. The Bertz CT molecular complexity index is 275. The maximum absolute atomic E-state index is 12.1. The second-order valence-electron chi connectivity index (χ2n) is 4.22. The van der Waals surface area contributed by atoms with Crippen LogP contribution in [0.2, 0.25) is 0 Å². The summed E-state index contributed by atoms with van der Waals surface area (Å²) in [6.07, 6.45) is 1.43. The maximum Gasteiger partial charge on any atom is 0.325 e. The van der Waals surface area contributed by atoms with Gasteiger partial charge in [0.15, 0.2) is 0 Å². The molecular weight excluding hydrogens is 260 g/mol. The van der Waals surface area contributed by atoms with Crippen LogP contribution in [-0.2, 0) is 19.1 Å². The molecule has 7 heteroatoms. The Hall–Kier alpha value is -0.850. The van der Waals surface area contributed by atoms with Crippen molar-refractivity contribution in [1.82, 2.24) is 10.6 Å². The highest BCUT2D eigenvalue weighted by Crippen LogP contribution is 2.29. The number of rotatable bonds is 5. The van der Waals surface area contributed by atoms with E-state index in [4.69, 9.17) is 4.74 Å². The monoisotopic (exact) mass is 280 g/mol. The van der Waals surface area contributed by atoms with Crippen LogP contribution in [0.1, 0.15) is 12.8 Å². The number of hydrogen-bond donors (Lipinski definition) is 2. The van der Waals surface area contributed by atoms with Crippen LogP contribution in [0.3, 0.4) is 0 Å². The Labute approximate surface area is 113 Å². The summed E-state index contributed by atoms with van der Waals surface area (Å²) in [4.78, 5) is 23.1. The molecule has 0 spiro atoms. The van der Waals surface area contributed by atoms with Crippen molar-refractivity contribution in [2.75, 3.05) is 40.5 Å². The molecule has 1 fully saturated rings. The third kappa shape index (κ3) is 4.44. The quantitative estimate of drug-likeness (QED) is 0.677. The first-order chi connectivity index (χ1) is 8.14. The van der Waals surface area contributed by atoms with Crippen LogP contribution in [0.15, 0.2) is 0 Å². The van der Waals surface area contributed by atoms with Gasteiger partial charge in [-0.05, 0) is 25.9 Å². The minimum Gasteiger partial charge on any atom is -0.468 e. The molecule has 0 aliphatic carbocycles. The van der Waals surface area contributed by atoms with Crippen LogP contribution in [0.5, 0.6) is 0 Å². The Kier molecular flexibility index (Phi) is 7.90. The van der Waals surface area contributed by atoms with Gasteiger partial charge in [0.1, 0.15) is 6.54 Å². The molecular formula is C11H21ClN2O4. The van der Waals surface area contributed by atoms with Gasteiger partial charge in [-0.3, -0.25) is 9.59 Å². The van der Waals surface area contributed by atoms with Crippen LogP contribution in [-0.4, -0.2) is 52.3 Å². The number of carbonyl (C=O) groups excluding carboxylic acids is 2. The van der Waals surface area contributed by atoms with Crippen molar-refractivity contribution in [2.45, 2.75) is 12.8 Å². The number of piperidine rings is 1. The van der Waals surface area contributed by atoms with Gasteiger partial charge in [0, 0.05) is 7.11 Å². The van der Waals surface area contributed by atoms with Gasteiger partial charge in [0.2, 0.25) is 5.91 Å². The van der Waals surface area contributed by atoms with E-state index in [1.165, 1.54) is 7.11 Å². The first kappa shape index (κ1) is 17.2. The topological polar surface area (TPSA) is 76.7 Å². The van der Waals surface area contributed by atoms with Crippen molar-refractivity contribution in [3.63, 3.8) is 0 Å². The molecule has 1 amide bonds. The molecule has 6 nitrogen and oxygen atoms in total. The molecule has 1 heterocycles. The van der Waals surface area contributed by atoms with E-state index in [-0.39, 0.29) is 24.9 Å². The summed E-state index contributed by atoms with van der Waals surface area (Å²) >= 11 is 0. The smallest absolute Gasteiger partial charge is 0.325 e. The largest absolute Gasteiger partial charge is 0.468 e. The highest BCUT2D eigenvalue weighted by molar-refractivity contribution is 5.86. The van der Waals surface area contributed by atoms with E-state index in [9.17, 15) is 9.59 Å². The molecule has 0 bridgehead atoms. The van der Waals surface area contributed by atoms with E-state index in [1.807, 2.05) is 0 Å². The number of nitrogens with one attached hydrogen (secondary N) is 2. The van der Waals surface area contributed by atoms with E-state index >= 15 is 0 Å². The van der Waals surface area contributed by atoms with Crippen LogP contribution in [0, 0.1) is 5.41 Å². The van der Waals surface area contributed by atoms with E-state index in [2.05, 4.69) is 15.4 Å². The lowest BCUT2D eigenvalue weighted by Gasteiger charge is -2.35. The minimum absolute atomic E-state index is 0. The normalized spacial score (nSPS) is 17.4. The number of halogens is 1. The summed E-state index contributed by atoms with van der Waals surface area (Å²) in [5.41, 5.74) is -0.520. The number of amides is 1. The van der Waals surface area contributed by atoms with Crippen molar-refractivity contribution in [1.29, 1.82) is 0 Å². The predicted molar refractivity (Wildman–Crippen MR) is 68.7 cm³/mol. The fourth-order valence-electron chi connectivity index (χ4n) is 2.03. The van der Waals surface area contributed by atoms with Crippen LogP contribution >= 0.6 is 12.4 Å². The number of hydrogen-bond acceptors (Lipinski definition) is 5.